The summed E-state index contributed by atoms with van der Waals surface area (Å²) in [6.07, 6.45) is 0. The van der Waals surface area contributed by atoms with Crippen LogP contribution >= 0.6 is 0 Å². The van der Waals surface area contributed by atoms with Gasteiger partial charge in [-0.15, -0.1) is 0 Å². The van der Waals surface area contributed by atoms with Gasteiger partial charge in [-0.2, -0.15) is 0 Å². The molecule has 0 bridgehead atoms. The lowest BCUT2D eigenvalue weighted by molar-refractivity contribution is 0.377. The first kappa shape index (κ1) is 12.2. The van der Waals surface area contributed by atoms with Crippen molar-refractivity contribution in [3.05, 3.63) is 24.3 Å². The topological polar surface area (TPSA) is 24.5 Å². The van der Waals surface area contributed by atoms with Crippen LogP contribution in [-0.2, 0) is 0 Å². The van der Waals surface area contributed by atoms with Gasteiger partial charge in [-0.1, -0.05) is 26.0 Å². The van der Waals surface area contributed by atoms with E-state index in [1.54, 1.807) is 7.11 Å². The maximum Gasteiger partial charge on any atom is 0.142 e. The van der Waals surface area contributed by atoms with Crippen molar-refractivity contribution in [2.24, 2.45) is 5.92 Å². The molecule has 0 aromatic heterocycles. The largest absolute Gasteiger partial charge is 0.495 e. The van der Waals surface area contributed by atoms with Crippen LogP contribution in [0.4, 0.5) is 5.69 Å². The molecule has 3 heteroatoms. The van der Waals surface area contributed by atoms with E-state index >= 15 is 0 Å². The Labute approximate surface area is 104 Å². The van der Waals surface area contributed by atoms with E-state index in [4.69, 9.17) is 4.74 Å². The Morgan fingerprint density at radius 3 is 2.82 bits per heavy atom. The third-order valence-corrected chi connectivity index (χ3v) is 3.45. The van der Waals surface area contributed by atoms with Gasteiger partial charge in [0.1, 0.15) is 5.75 Å². The Kier molecular flexibility index (Phi) is 3.89. The van der Waals surface area contributed by atoms with E-state index in [0.29, 0.717) is 12.0 Å². The molecule has 0 spiro atoms. The molecule has 1 aliphatic rings. The van der Waals surface area contributed by atoms with Gasteiger partial charge in [0.2, 0.25) is 0 Å². The number of nitrogens with one attached hydrogen (secondary N) is 1. The van der Waals surface area contributed by atoms with Crippen molar-refractivity contribution in [3.8, 4) is 5.75 Å². The summed E-state index contributed by atoms with van der Waals surface area (Å²) >= 11 is 0. The molecule has 1 unspecified atom stereocenters. The first-order chi connectivity index (χ1) is 8.24. The molecule has 0 amide bonds. The van der Waals surface area contributed by atoms with E-state index in [0.717, 1.165) is 25.4 Å². The van der Waals surface area contributed by atoms with Gasteiger partial charge in [-0.25, -0.2) is 0 Å². The van der Waals surface area contributed by atoms with Gasteiger partial charge in [-0.3, -0.25) is 0 Å². The highest BCUT2D eigenvalue weighted by atomic mass is 16.5. The lowest BCUT2D eigenvalue weighted by Gasteiger charge is -2.40. The number of rotatable bonds is 3. The molecule has 94 valence electrons. The molecule has 17 heavy (non-hydrogen) atoms. The van der Waals surface area contributed by atoms with Crippen LogP contribution in [0, 0.1) is 5.92 Å². The zero-order valence-electron chi connectivity index (χ0n) is 10.9. The van der Waals surface area contributed by atoms with Gasteiger partial charge < -0.3 is 15.0 Å². The minimum atomic E-state index is 0.542. The number of benzene rings is 1. The molecular formula is C14H22N2O. The molecule has 1 saturated heterocycles. The van der Waals surface area contributed by atoms with Crippen molar-refractivity contribution in [1.82, 2.24) is 5.32 Å². The highest BCUT2D eigenvalue weighted by molar-refractivity contribution is 5.59. The molecule has 1 aromatic rings. The molecule has 1 aliphatic heterocycles. The zero-order valence-corrected chi connectivity index (χ0v) is 10.9. The van der Waals surface area contributed by atoms with Crippen LogP contribution in [0.5, 0.6) is 5.75 Å². The number of piperazine rings is 1. The predicted molar refractivity (Wildman–Crippen MR) is 71.8 cm³/mol. The van der Waals surface area contributed by atoms with Crippen LogP contribution in [0.1, 0.15) is 13.8 Å². The summed E-state index contributed by atoms with van der Waals surface area (Å²) in [7, 11) is 1.74. The summed E-state index contributed by atoms with van der Waals surface area (Å²) in [6.45, 7) is 7.69. The van der Waals surface area contributed by atoms with Gasteiger partial charge in [0, 0.05) is 25.7 Å². The molecule has 0 aliphatic carbocycles. The van der Waals surface area contributed by atoms with Crippen molar-refractivity contribution in [3.63, 3.8) is 0 Å². The average molecular weight is 234 g/mol. The van der Waals surface area contributed by atoms with Crippen LogP contribution in [0.2, 0.25) is 0 Å². The van der Waals surface area contributed by atoms with Crippen LogP contribution < -0.4 is 15.0 Å². The SMILES string of the molecule is COc1ccccc1N1CCNCC1C(C)C. The lowest BCUT2D eigenvalue weighted by atomic mass is 9.99. The monoisotopic (exact) mass is 234 g/mol. The van der Waals surface area contributed by atoms with E-state index in [1.165, 1.54) is 5.69 Å². The maximum atomic E-state index is 5.46. The molecule has 1 fully saturated rings. The van der Waals surface area contributed by atoms with Gasteiger partial charge in [0.25, 0.3) is 0 Å². The fourth-order valence-corrected chi connectivity index (χ4v) is 2.49. The highest BCUT2D eigenvalue weighted by Crippen LogP contribution is 2.31. The first-order valence-corrected chi connectivity index (χ1v) is 6.34. The van der Waals surface area contributed by atoms with Gasteiger partial charge in [-0.05, 0) is 18.1 Å². The number of para-hydroxylation sites is 2. The second kappa shape index (κ2) is 5.41. The van der Waals surface area contributed by atoms with Gasteiger partial charge in [0.15, 0.2) is 0 Å². The quantitative estimate of drug-likeness (QED) is 0.867. The van der Waals surface area contributed by atoms with Crippen molar-refractivity contribution in [2.75, 3.05) is 31.6 Å². The number of hydrogen-bond acceptors (Lipinski definition) is 3. The van der Waals surface area contributed by atoms with Crippen LogP contribution in [0.3, 0.4) is 0 Å². The number of anilines is 1. The van der Waals surface area contributed by atoms with Crippen LogP contribution in [-0.4, -0.2) is 32.8 Å². The van der Waals surface area contributed by atoms with Gasteiger partial charge in [0.05, 0.1) is 12.8 Å². The van der Waals surface area contributed by atoms with Gasteiger partial charge >= 0.3 is 0 Å². The standard InChI is InChI=1S/C14H22N2O/c1-11(2)13-10-15-8-9-16(13)12-6-4-5-7-14(12)17-3/h4-7,11,13,15H,8-10H2,1-3H3. The number of methoxy groups -OCH3 is 1. The molecule has 1 N–H and O–H groups in total. The number of ether oxygens (including phenoxy) is 1. The van der Waals surface area contributed by atoms with Crippen LogP contribution in [0.25, 0.3) is 0 Å². The Bertz CT molecular complexity index is 365. The number of nitrogens with zero attached hydrogens (tertiary/aromatic N) is 1. The molecule has 1 atom stereocenters. The lowest BCUT2D eigenvalue weighted by Crippen LogP contribution is -2.53. The maximum absolute atomic E-state index is 5.46. The smallest absolute Gasteiger partial charge is 0.142 e. The molecule has 3 nitrogen and oxygen atoms in total. The van der Waals surface area contributed by atoms with E-state index in [9.17, 15) is 0 Å². The van der Waals surface area contributed by atoms with Crippen molar-refractivity contribution in [2.45, 2.75) is 19.9 Å². The summed E-state index contributed by atoms with van der Waals surface area (Å²) < 4.78 is 5.46. The van der Waals surface area contributed by atoms with Crippen molar-refractivity contribution < 1.29 is 4.74 Å². The minimum absolute atomic E-state index is 0.542. The fourth-order valence-electron chi connectivity index (χ4n) is 2.49. The predicted octanol–water partition coefficient (Wildman–Crippen LogP) is 2.13. The fraction of sp³-hybridized carbons (Fsp3) is 0.571. The zero-order chi connectivity index (χ0) is 12.3. The average Bonchev–Trinajstić information content (AvgIpc) is 2.38. The van der Waals surface area contributed by atoms with Crippen molar-refractivity contribution >= 4 is 5.69 Å². The third kappa shape index (κ3) is 2.55. The van der Waals surface area contributed by atoms with E-state index in [-0.39, 0.29) is 0 Å². The molecule has 1 aromatic carbocycles. The summed E-state index contributed by atoms with van der Waals surface area (Å²) in [5.74, 6) is 1.60. The summed E-state index contributed by atoms with van der Waals surface area (Å²) in [5, 5.41) is 3.47. The molecule has 0 radical (unpaired) electrons. The normalized spacial score (nSPS) is 20.7. The Hall–Kier alpha value is -1.22. The molecule has 0 saturated carbocycles. The van der Waals surface area contributed by atoms with E-state index < -0.39 is 0 Å². The third-order valence-electron chi connectivity index (χ3n) is 3.45. The highest BCUT2D eigenvalue weighted by Gasteiger charge is 2.26. The summed E-state index contributed by atoms with van der Waals surface area (Å²) in [6, 6.07) is 8.83. The van der Waals surface area contributed by atoms with E-state index in [1.807, 2.05) is 12.1 Å². The molecular weight excluding hydrogens is 212 g/mol. The van der Waals surface area contributed by atoms with Crippen molar-refractivity contribution in [1.29, 1.82) is 0 Å². The Morgan fingerprint density at radius 2 is 2.12 bits per heavy atom. The number of hydrogen-bond donors (Lipinski definition) is 1. The Balaban J connectivity index is 2.29. The second-order valence-electron chi connectivity index (χ2n) is 4.88. The van der Waals surface area contributed by atoms with Crippen LogP contribution in [0.15, 0.2) is 24.3 Å². The van der Waals surface area contributed by atoms with E-state index in [2.05, 4.69) is 36.2 Å². The Morgan fingerprint density at radius 1 is 1.35 bits per heavy atom. The summed E-state index contributed by atoms with van der Waals surface area (Å²) in [4.78, 5) is 2.47. The molecule has 1 heterocycles. The first-order valence-electron chi connectivity index (χ1n) is 6.34. The second-order valence-corrected chi connectivity index (χ2v) is 4.88. The summed E-state index contributed by atoms with van der Waals surface area (Å²) in [5.41, 5.74) is 1.22. The minimum Gasteiger partial charge on any atom is -0.495 e. The molecule has 2 rings (SSSR count).